The molecule has 140 valence electrons. The van der Waals surface area contributed by atoms with Crippen LogP contribution in [0.25, 0.3) is 0 Å². The number of carbonyl (C=O) groups excluding carboxylic acids is 2. The van der Waals surface area contributed by atoms with E-state index in [-0.39, 0.29) is 18.1 Å². The Labute approximate surface area is 153 Å². The third kappa shape index (κ3) is 5.32. The van der Waals surface area contributed by atoms with Gasteiger partial charge in [-0.3, -0.25) is 4.79 Å². The van der Waals surface area contributed by atoms with Crippen molar-refractivity contribution >= 4 is 23.2 Å². The number of esters is 1. The number of amides is 1. The molecule has 0 radical (unpaired) electrons. The Morgan fingerprint density at radius 3 is 2.50 bits per heavy atom. The van der Waals surface area contributed by atoms with E-state index in [0.717, 1.165) is 12.1 Å². The molecule has 0 fully saturated rings. The van der Waals surface area contributed by atoms with Crippen molar-refractivity contribution in [3.05, 3.63) is 57.8 Å². The number of alkyl halides is 3. The van der Waals surface area contributed by atoms with E-state index in [2.05, 4.69) is 5.32 Å². The molecule has 1 amide bonds. The van der Waals surface area contributed by atoms with Crippen LogP contribution in [0.2, 0.25) is 0 Å². The summed E-state index contributed by atoms with van der Waals surface area (Å²) >= 11 is 1.24. The molecule has 8 heteroatoms. The van der Waals surface area contributed by atoms with Crippen molar-refractivity contribution in [3.63, 3.8) is 0 Å². The number of nitrogens with one attached hydrogen (secondary N) is 1. The summed E-state index contributed by atoms with van der Waals surface area (Å²) in [7, 11) is 0. The van der Waals surface area contributed by atoms with Gasteiger partial charge in [0, 0.05) is 0 Å². The van der Waals surface area contributed by atoms with E-state index >= 15 is 0 Å². The van der Waals surface area contributed by atoms with E-state index in [1.807, 2.05) is 0 Å². The van der Waals surface area contributed by atoms with Crippen molar-refractivity contribution in [1.82, 2.24) is 5.32 Å². The largest absolute Gasteiger partial charge is 0.459 e. The number of ether oxygens (including phenoxy) is 1. The Kier molecular flexibility index (Phi) is 6.42. The van der Waals surface area contributed by atoms with Crippen molar-refractivity contribution in [1.29, 1.82) is 0 Å². The first-order valence-electron chi connectivity index (χ1n) is 7.85. The second-order valence-electron chi connectivity index (χ2n) is 5.98. The van der Waals surface area contributed by atoms with Crippen LogP contribution in [0.5, 0.6) is 0 Å². The molecular formula is C18H18F3NO3S. The monoisotopic (exact) mass is 385 g/mol. The summed E-state index contributed by atoms with van der Waals surface area (Å²) in [4.78, 5) is 24.9. The van der Waals surface area contributed by atoms with Crippen LogP contribution in [0.1, 0.15) is 34.6 Å². The number of carbonyl (C=O) groups is 2. The second kappa shape index (κ2) is 8.35. The highest BCUT2D eigenvalue weighted by atomic mass is 32.1. The third-order valence-corrected chi connectivity index (χ3v) is 4.46. The number of thiophene rings is 1. The van der Waals surface area contributed by atoms with Gasteiger partial charge in [0.15, 0.2) is 0 Å². The van der Waals surface area contributed by atoms with Crippen LogP contribution in [-0.4, -0.2) is 17.9 Å². The summed E-state index contributed by atoms with van der Waals surface area (Å²) in [5.74, 6) is -1.33. The molecule has 1 unspecified atom stereocenters. The average Bonchev–Trinajstić information content (AvgIpc) is 3.11. The van der Waals surface area contributed by atoms with Crippen molar-refractivity contribution in [2.45, 2.75) is 32.7 Å². The molecule has 0 saturated carbocycles. The predicted molar refractivity (Wildman–Crippen MR) is 91.7 cm³/mol. The summed E-state index contributed by atoms with van der Waals surface area (Å²) in [6.07, 6.45) is -4.46. The fourth-order valence-electron chi connectivity index (χ4n) is 2.20. The zero-order valence-electron chi connectivity index (χ0n) is 14.2. The van der Waals surface area contributed by atoms with Gasteiger partial charge in [0.05, 0.1) is 10.4 Å². The SMILES string of the molecule is CC(C)C(NC(=O)c1cccs1)C(=O)OCc1cccc(C(F)(F)F)c1. The highest BCUT2D eigenvalue weighted by Crippen LogP contribution is 2.29. The second-order valence-corrected chi connectivity index (χ2v) is 6.93. The van der Waals surface area contributed by atoms with E-state index in [0.29, 0.717) is 4.88 Å². The minimum absolute atomic E-state index is 0.222. The average molecular weight is 385 g/mol. The fraction of sp³-hybridized carbons (Fsp3) is 0.333. The summed E-state index contributed by atoms with van der Waals surface area (Å²) < 4.78 is 43.3. The topological polar surface area (TPSA) is 55.4 Å². The normalized spacial score (nSPS) is 12.7. The Hall–Kier alpha value is -2.35. The maximum absolute atomic E-state index is 12.7. The molecule has 1 heterocycles. The molecule has 26 heavy (non-hydrogen) atoms. The Bertz CT molecular complexity index is 757. The Balaban J connectivity index is 2.01. The van der Waals surface area contributed by atoms with Crippen LogP contribution in [0, 0.1) is 5.92 Å². The Morgan fingerprint density at radius 2 is 1.92 bits per heavy atom. The number of hydrogen-bond donors (Lipinski definition) is 1. The number of benzene rings is 1. The lowest BCUT2D eigenvalue weighted by Gasteiger charge is -2.20. The molecule has 0 bridgehead atoms. The maximum Gasteiger partial charge on any atom is 0.416 e. The van der Waals surface area contributed by atoms with Gasteiger partial charge >= 0.3 is 12.1 Å². The summed E-state index contributed by atoms with van der Waals surface area (Å²) in [5.41, 5.74) is -0.585. The van der Waals surface area contributed by atoms with Crippen LogP contribution < -0.4 is 5.32 Å². The van der Waals surface area contributed by atoms with Gasteiger partial charge in [0.2, 0.25) is 0 Å². The van der Waals surface area contributed by atoms with E-state index in [1.165, 1.54) is 23.5 Å². The zero-order chi connectivity index (χ0) is 19.3. The van der Waals surface area contributed by atoms with E-state index in [4.69, 9.17) is 4.74 Å². The first kappa shape index (κ1) is 20.0. The summed E-state index contributed by atoms with van der Waals surface area (Å²) in [6, 6.07) is 7.03. The van der Waals surface area contributed by atoms with Gasteiger partial charge in [0.1, 0.15) is 12.6 Å². The molecule has 0 spiro atoms. The summed E-state index contributed by atoms with van der Waals surface area (Å²) in [6.45, 7) is 3.18. The molecule has 4 nitrogen and oxygen atoms in total. The molecule has 1 N–H and O–H groups in total. The number of hydrogen-bond acceptors (Lipinski definition) is 4. The van der Waals surface area contributed by atoms with E-state index in [9.17, 15) is 22.8 Å². The van der Waals surface area contributed by atoms with Crippen LogP contribution in [0.15, 0.2) is 41.8 Å². The van der Waals surface area contributed by atoms with Gasteiger partial charge in [0.25, 0.3) is 5.91 Å². The highest BCUT2D eigenvalue weighted by Gasteiger charge is 2.31. The molecule has 0 aliphatic rings. The van der Waals surface area contributed by atoms with Crippen LogP contribution in [0.3, 0.4) is 0 Å². The Morgan fingerprint density at radius 1 is 1.19 bits per heavy atom. The lowest BCUT2D eigenvalue weighted by atomic mass is 10.0. The molecule has 2 rings (SSSR count). The first-order chi connectivity index (χ1) is 12.2. The van der Waals surface area contributed by atoms with Gasteiger partial charge in [-0.05, 0) is 35.1 Å². The highest BCUT2D eigenvalue weighted by molar-refractivity contribution is 7.12. The van der Waals surface area contributed by atoms with Crippen molar-refractivity contribution in [3.8, 4) is 0 Å². The number of rotatable bonds is 6. The van der Waals surface area contributed by atoms with Crippen LogP contribution >= 0.6 is 11.3 Å². The summed E-state index contributed by atoms with van der Waals surface area (Å²) in [5, 5.41) is 4.35. The molecule has 0 saturated heterocycles. The lowest BCUT2D eigenvalue weighted by Crippen LogP contribution is -2.45. The number of halogens is 3. The minimum atomic E-state index is -4.46. The van der Waals surface area contributed by atoms with Gasteiger partial charge in [-0.25, -0.2) is 4.79 Å². The van der Waals surface area contributed by atoms with Gasteiger partial charge < -0.3 is 10.1 Å². The molecular weight excluding hydrogens is 367 g/mol. The molecule has 1 aromatic carbocycles. The molecule has 0 aliphatic carbocycles. The zero-order valence-corrected chi connectivity index (χ0v) is 15.0. The molecule has 1 aromatic heterocycles. The minimum Gasteiger partial charge on any atom is -0.459 e. The van der Waals surface area contributed by atoms with Gasteiger partial charge in [-0.1, -0.05) is 32.0 Å². The van der Waals surface area contributed by atoms with Crippen molar-refractivity contribution in [2.75, 3.05) is 0 Å². The van der Waals surface area contributed by atoms with E-state index in [1.54, 1.807) is 31.4 Å². The molecule has 0 aliphatic heterocycles. The maximum atomic E-state index is 12.7. The fourth-order valence-corrected chi connectivity index (χ4v) is 2.83. The molecule has 1 atom stereocenters. The van der Waals surface area contributed by atoms with Crippen LogP contribution in [0.4, 0.5) is 13.2 Å². The quantitative estimate of drug-likeness (QED) is 0.756. The molecule has 2 aromatic rings. The third-order valence-electron chi connectivity index (χ3n) is 3.59. The first-order valence-corrected chi connectivity index (χ1v) is 8.73. The van der Waals surface area contributed by atoms with E-state index < -0.39 is 29.7 Å². The standard InChI is InChI=1S/C18H18F3NO3S/c1-11(2)15(22-16(23)14-7-4-8-26-14)17(24)25-10-12-5-3-6-13(9-12)18(19,20)21/h3-9,11,15H,10H2,1-2H3,(H,22,23). The van der Waals surface area contributed by atoms with Gasteiger partial charge in [-0.2, -0.15) is 13.2 Å². The van der Waals surface area contributed by atoms with Crippen molar-refractivity contribution < 1.29 is 27.5 Å². The smallest absolute Gasteiger partial charge is 0.416 e. The lowest BCUT2D eigenvalue weighted by molar-refractivity contribution is -0.148. The predicted octanol–water partition coefficient (Wildman–Crippen LogP) is 4.26. The van der Waals surface area contributed by atoms with Gasteiger partial charge in [-0.15, -0.1) is 11.3 Å². The van der Waals surface area contributed by atoms with Crippen molar-refractivity contribution in [2.24, 2.45) is 5.92 Å². The van der Waals surface area contributed by atoms with Crippen LogP contribution in [-0.2, 0) is 22.3 Å².